The van der Waals surface area contributed by atoms with Crippen LogP contribution in [0.3, 0.4) is 0 Å². The molecule has 0 unspecified atom stereocenters. The molecular formula is C18H21FN2O2. The Hall–Kier alpha value is -2.35. The molecule has 4 nitrogen and oxygen atoms in total. The molecule has 0 radical (unpaired) electrons. The van der Waals surface area contributed by atoms with E-state index in [1.54, 1.807) is 17.0 Å². The highest BCUT2D eigenvalue weighted by Gasteiger charge is 2.24. The van der Waals surface area contributed by atoms with Gasteiger partial charge in [0.15, 0.2) is 0 Å². The minimum atomic E-state index is -0.524. The number of nitriles is 1. The largest absolute Gasteiger partial charge is 0.444 e. The number of benzene rings is 1. The molecule has 0 fully saturated rings. The van der Waals surface area contributed by atoms with Crippen molar-refractivity contribution in [1.82, 2.24) is 4.90 Å². The van der Waals surface area contributed by atoms with Gasteiger partial charge in [-0.25, -0.2) is 9.18 Å². The van der Waals surface area contributed by atoms with Crippen LogP contribution < -0.4 is 0 Å². The first-order valence-electron chi connectivity index (χ1n) is 7.63. The molecule has 1 aromatic rings. The van der Waals surface area contributed by atoms with Crippen molar-refractivity contribution in [2.75, 3.05) is 13.1 Å². The van der Waals surface area contributed by atoms with Gasteiger partial charge in [0.1, 0.15) is 11.4 Å². The Kier molecular flexibility index (Phi) is 5.05. The van der Waals surface area contributed by atoms with Crippen molar-refractivity contribution < 1.29 is 13.9 Å². The second-order valence-electron chi connectivity index (χ2n) is 6.55. The van der Waals surface area contributed by atoms with Gasteiger partial charge < -0.3 is 9.64 Å². The molecule has 122 valence electrons. The van der Waals surface area contributed by atoms with Gasteiger partial charge in [-0.15, -0.1) is 0 Å². The molecule has 2 rings (SSSR count). The minimum absolute atomic E-state index is 0.197. The van der Waals surface area contributed by atoms with Gasteiger partial charge >= 0.3 is 6.09 Å². The average molecular weight is 316 g/mol. The van der Waals surface area contributed by atoms with Crippen LogP contribution in [0, 0.1) is 17.1 Å². The summed E-state index contributed by atoms with van der Waals surface area (Å²) in [4.78, 5) is 13.6. The van der Waals surface area contributed by atoms with E-state index in [1.807, 2.05) is 32.9 Å². The van der Waals surface area contributed by atoms with Gasteiger partial charge in [-0.1, -0.05) is 18.2 Å². The lowest BCUT2D eigenvalue weighted by molar-refractivity contribution is 0.0270. The van der Waals surface area contributed by atoms with E-state index < -0.39 is 5.60 Å². The number of rotatable bonds is 2. The van der Waals surface area contributed by atoms with E-state index in [0.717, 1.165) is 5.57 Å². The number of nitrogens with zero attached hydrogens (tertiary/aromatic N) is 2. The van der Waals surface area contributed by atoms with Gasteiger partial charge in [0.2, 0.25) is 0 Å². The van der Waals surface area contributed by atoms with E-state index in [-0.39, 0.29) is 18.3 Å². The van der Waals surface area contributed by atoms with Crippen molar-refractivity contribution in [3.05, 3.63) is 41.2 Å². The van der Waals surface area contributed by atoms with E-state index in [0.29, 0.717) is 30.6 Å². The quantitative estimate of drug-likeness (QED) is 0.831. The van der Waals surface area contributed by atoms with Crippen molar-refractivity contribution in [3.63, 3.8) is 0 Å². The van der Waals surface area contributed by atoms with Crippen LogP contribution in [-0.2, 0) is 11.2 Å². The molecule has 0 bridgehead atoms. The van der Waals surface area contributed by atoms with E-state index >= 15 is 0 Å². The summed E-state index contributed by atoms with van der Waals surface area (Å²) in [6.45, 7) is 6.39. The fraction of sp³-hybridized carbons (Fsp3) is 0.444. The van der Waals surface area contributed by atoms with Gasteiger partial charge in [0.05, 0.1) is 12.5 Å². The Labute approximate surface area is 136 Å². The molecule has 1 amide bonds. The zero-order valence-corrected chi connectivity index (χ0v) is 13.7. The van der Waals surface area contributed by atoms with Crippen LogP contribution in [0.25, 0.3) is 5.57 Å². The molecule has 0 aromatic heterocycles. The second kappa shape index (κ2) is 6.82. The van der Waals surface area contributed by atoms with Crippen molar-refractivity contribution >= 4 is 11.7 Å². The highest BCUT2D eigenvalue weighted by atomic mass is 19.1. The van der Waals surface area contributed by atoms with Crippen LogP contribution in [0.1, 0.15) is 38.3 Å². The molecule has 1 heterocycles. The smallest absolute Gasteiger partial charge is 0.410 e. The number of hydrogen-bond donors (Lipinski definition) is 0. The van der Waals surface area contributed by atoms with E-state index in [1.165, 1.54) is 6.07 Å². The fourth-order valence-corrected chi connectivity index (χ4v) is 2.43. The zero-order chi connectivity index (χ0) is 17.0. The third-order valence-corrected chi connectivity index (χ3v) is 3.52. The average Bonchev–Trinajstić information content (AvgIpc) is 2.46. The lowest BCUT2D eigenvalue weighted by atomic mass is 9.97. The van der Waals surface area contributed by atoms with Gasteiger partial charge in [-0.2, -0.15) is 5.26 Å². The Balaban J connectivity index is 2.07. The molecule has 0 saturated carbocycles. The minimum Gasteiger partial charge on any atom is -0.444 e. The molecule has 0 aliphatic carbocycles. The molecule has 1 aliphatic rings. The number of halogens is 1. The Morgan fingerprint density at radius 1 is 1.43 bits per heavy atom. The van der Waals surface area contributed by atoms with Gasteiger partial charge in [-0.05, 0) is 44.4 Å². The van der Waals surface area contributed by atoms with Crippen LogP contribution in [-0.4, -0.2) is 29.7 Å². The van der Waals surface area contributed by atoms with Gasteiger partial charge in [-0.3, -0.25) is 0 Å². The topological polar surface area (TPSA) is 53.3 Å². The number of ether oxygens (including phenoxy) is 1. The predicted molar refractivity (Wildman–Crippen MR) is 86.1 cm³/mol. The Morgan fingerprint density at radius 2 is 2.17 bits per heavy atom. The van der Waals surface area contributed by atoms with E-state index in [4.69, 9.17) is 10.00 Å². The molecule has 1 aromatic carbocycles. The Morgan fingerprint density at radius 3 is 2.70 bits per heavy atom. The molecule has 23 heavy (non-hydrogen) atoms. The summed E-state index contributed by atoms with van der Waals surface area (Å²) < 4.78 is 19.5. The molecule has 0 saturated heterocycles. The van der Waals surface area contributed by atoms with Gasteiger partial charge in [0, 0.05) is 18.7 Å². The second-order valence-corrected chi connectivity index (χ2v) is 6.55. The summed E-state index contributed by atoms with van der Waals surface area (Å²) in [5.41, 5.74) is 1.56. The first kappa shape index (κ1) is 17.0. The van der Waals surface area contributed by atoms with Crippen LogP contribution in [0.2, 0.25) is 0 Å². The van der Waals surface area contributed by atoms with E-state index in [2.05, 4.69) is 0 Å². The zero-order valence-electron chi connectivity index (χ0n) is 13.7. The van der Waals surface area contributed by atoms with Crippen molar-refractivity contribution in [2.45, 2.75) is 39.2 Å². The van der Waals surface area contributed by atoms with Crippen molar-refractivity contribution in [3.8, 4) is 6.07 Å². The monoisotopic (exact) mass is 316 g/mol. The third kappa shape index (κ3) is 4.56. The number of amides is 1. The normalized spacial score (nSPS) is 14.9. The highest BCUT2D eigenvalue weighted by Crippen LogP contribution is 2.26. The van der Waals surface area contributed by atoms with Crippen LogP contribution >= 0.6 is 0 Å². The fourth-order valence-electron chi connectivity index (χ4n) is 2.43. The number of carbonyl (C=O) groups excluding carboxylic acids is 1. The third-order valence-electron chi connectivity index (χ3n) is 3.52. The number of carbonyl (C=O) groups is 1. The van der Waals surface area contributed by atoms with Crippen LogP contribution in [0.4, 0.5) is 9.18 Å². The summed E-state index contributed by atoms with van der Waals surface area (Å²) in [6.07, 6.45) is 2.28. The molecule has 0 N–H and O–H groups in total. The lowest BCUT2D eigenvalue weighted by Gasteiger charge is -2.29. The van der Waals surface area contributed by atoms with Gasteiger partial charge in [0.25, 0.3) is 0 Å². The first-order valence-corrected chi connectivity index (χ1v) is 7.63. The Bertz CT molecular complexity index is 669. The van der Waals surface area contributed by atoms with Crippen molar-refractivity contribution in [1.29, 1.82) is 5.26 Å². The SMILES string of the molecule is CC(C)(C)OC(=O)N1CC=C(c2ccc(CC#N)cc2F)CC1. The molecule has 1 aliphatic heterocycles. The summed E-state index contributed by atoms with van der Waals surface area (Å²) in [5, 5.41) is 8.66. The van der Waals surface area contributed by atoms with Crippen LogP contribution in [0.15, 0.2) is 24.3 Å². The maximum absolute atomic E-state index is 14.2. The molecular weight excluding hydrogens is 295 g/mol. The maximum Gasteiger partial charge on any atom is 0.410 e. The summed E-state index contributed by atoms with van der Waals surface area (Å²) in [6, 6.07) is 6.88. The first-order chi connectivity index (χ1) is 10.8. The molecule has 0 spiro atoms. The molecule has 0 atom stereocenters. The standard InChI is InChI=1S/C18H21FN2O2/c1-18(2,3)23-17(22)21-10-7-14(8-11-21)15-5-4-13(6-9-20)12-16(15)19/h4-5,7,12H,6,8,10-11H2,1-3H3. The number of hydrogen-bond acceptors (Lipinski definition) is 3. The lowest BCUT2D eigenvalue weighted by Crippen LogP contribution is -2.39. The highest BCUT2D eigenvalue weighted by molar-refractivity contribution is 5.73. The van der Waals surface area contributed by atoms with Crippen LogP contribution in [0.5, 0.6) is 0 Å². The summed E-state index contributed by atoms with van der Waals surface area (Å²) in [5.74, 6) is -0.324. The van der Waals surface area contributed by atoms with Crippen molar-refractivity contribution in [2.24, 2.45) is 0 Å². The maximum atomic E-state index is 14.2. The summed E-state index contributed by atoms with van der Waals surface area (Å²) >= 11 is 0. The summed E-state index contributed by atoms with van der Waals surface area (Å²) in [7, 11) is 0. The van der Waals surface area contributed by atoms with E-state index in [9.17, 15) is 9.18 Å². The predicted octanol–water partition coefficient (Wildman–Crippen LogP) is 3.92. The molecule has 5 heteroatoms.